The quantitative estimate of drug-likeness (QED) is 0.880. The van der Waals surface area contributed by atoms with Crippen molar-refractivity contribution in [1.82, 2.24) is 4.98 Å². The van der Waals surface area contributed by atoms with Gasteiger partial charge in [0.05, 0.1) is 18.4 Å². The van der Waals surface area contributed by atoms with Crippen LogP contribution in [0.1, 0.15) is 36.0 Å². The highest BCUT2D eigenvalue weighted by Gasteiger charge is 2.14. The van der Waals surface area contributed by atoms with Crippen molar-refractivity contribution >= 4 is 29.0 Å². The predicted octanol–water partition coefficient (Wildman–Crippen LogP) is 4.38. The molecule has 3 rings (SSSR count). The molecule has 25 heavy (non-hydrogen) atoms. The number of carbonyl (C=O) groups is 1. The van der Waals surface area contributed by atoms with Crippen molar-refractivity contribution in [2.75, 3.05) is 30.4 Å². The molecule has 132 valence electrons. The Balaban J connectivity index is 1.71. The molecule has 1 aliphatic heterocycles. The summed E-state index contributed by atoms with van der Waals surface area (Å²) in [5.41, 5.74) is 1.04. The van der Waals surface area contributed by atoms with Gasteiger partial charge in [-0.1, -0.05) is 24.4 Å². The third kappa shape index (κ3) is 4.42. The summed E-state index contributed by atoms with van der Waals surface area (Å²) in [4.78, 5) is 19.2. The summed E-state index contributed by atoms with van der Waals surface area (Å²) in [6.07, 6.45) is 6.56. The van der Waals surface area contributed by atoms with Crippen LogP contribution >= 0.6 is 11.6 Å². The molecule has 1 aromatic carbocycles. The van der Waals surface area contributed by atoms with Gasteiger partial charge in [-0.15, -0.1) is 0 Å². The van der Waals surface area contributed by atoms with Gasteiger partial charge in [0.15, 0.2) is 0 Å². The molecule has 2 aromatic rings. The number of methoxy groups -OCH3 is 1. The lowest BCUT2D eigenvalue weighted by Crippen LogP contribution is -2.25. The maximum absolute atomic E-state index is 12.5. The van der Waals surface area contributed by atoms with Gasteiger partial charge in [0, 0.05) is 24.3 Å². The molecule has 0 aliphatic carbocycles. The Labute approximate surface area is 153 Å². The van der Waals surface area contributed by atoms with Crippen molar-refractivity contribution in [3.8, 4) is 5.75 Å². The normalized spacial score (nSPS) is 14.7. The third-order valence-corrected chi connectivity index (χ3v) is 4.58. The van der Waals surface area contributed by atoms with Crippen molar-refractivity contribution in [1.29, 1.82) is 0 Å². The van der Waals surface area contributed by atoms with Crippen molar-refractivity contribution in [2.24, 2.45) is 0 Å². The zero-order chi connectivity index (χ0) is 17.6. The number of carbonyl (C=O) groups excluding carboxylic acids is 1. The Morgan fingerprint density at radius 1 is 1.16 bits per heavy atom. The number of aromatic nitrogens is 1. The molecule has 0 radical (unpaired) electrons. The van der Waals surface area contributed by atoms with Crippen molar-refractivity contribution in [3.63, 3.8) is 0 Å². The summed E-state index contributed by atoms with van der Waals surface area (Å²) in [7, 11) is 1.55. The van der Waals surface area contributed by atoms with E-state index in [0.29, 0.717) is 22.0 Å². The van der Waals surface area contributed by atoms with Crippen molar-refractivity contribution < 1.29 is 9.53 Å². The van der Waals surface area contributed by atoms with Gasteiger partial charge in [-0.05, 0) is 43.2 Å². The number of pyridine rings is 1. The molecule has 1 amide bonds. The Morgan fingerprint density at radius 3 is 2.56 bits per heavy atom. The van der Waals surface area contributed by atoms with Crippen LogP contribution in [-0.4, -0.2) is 31.1 Å². The molecule has 0 atom stereocenters. The van der Waals surface area contributed by atoms with Crippen LogP contribution in [0.25, 0.3) is 0 Å². The number of amides is 1. The average Bonchev–Trinajstić information content (AvgIpc) is 2.91. The molecule has 1 saturated heterocycles. The average molecular weight is 360 g/mol. The topological polar surface area (TPSA) is 54.5 Å². The molecular weight excluding hydrogens is 338 g/mol. The van der Waals surface area contributed by atoms with Gasteiger partial charge in [0.25, 0.3) is 5.91 Å². The second kappa shape index (κ2) is 8.21. The minimum absolute atomic E-state index is 0.240. The number of halogens is 1. The number of nitrogens with one attached hydrogen (secondary N) is 1. The Morgan fingerprint density at radius 2 is 1.92 bits per heavy atom. The summed E-state index contributed by atoms with van der Waals surface area (Å²) < 4.78 is 5.25. The largest absolute Gasteiger partial charge is 0.495 e. The van der Waals surface area contributed by atoms with E-state index >= 15 is 0 Å². The maximum atomic E-state index is 12.5. The second-order valence-corrected chi connectivity index (χ2v) is 6.54. The van der Waals surface area contributed by atoms with Gasteiger partial charge in [0.1, 0.15) is 11.6 Å². The standard InChI is InChI=1S/C19H22ClN3O2/c1-25-17-8-7-15(20)12-16(17)22-19(24)14-6-9-18(21-13-14)23-10-4-2-3-5-11-23/h6-9,12-13H,2-5,10-11H2,1H3,(H,22,24). The first-order valence-electron chi connectivity index (χ1n) is 8.53. The fourth-order valence-electron chi connectivity index (χ4n) is 2.98. The Kier molecular flexibility index (Phi) is 5.76. The van der Waals surface area contributed by atoms with E-state index < -0.39 is 0 Å². The monoisotopic (exact) mass is 359 g/mol. The van der Waals surface area contributed by atoms with E-state index in [1.807, 2.05) is 6.07 Å². The van der Waals surface area contributed by atoms with Gasteiger partial charge in [-0.25, -0.2) is 4.98 Å². The number of benzene rings is 1. The van der Waals surface area contributed by atoms with Crippen LogP contribution in [0.2, 0.25) is 5.02 Å². The van der Waals surface area contributed by atoms with Crippen molar-refractivity contribution in [3.05, 3.63) is 47.1 Å². The van der Waals surface area contributed by atoms with Crippen LogP contribution in [-0.2, 0) is 0 Å². The van der Waals surface area contributed by atoms with E-state index in [0.717, 1.165) is 18.9 Å². The molecule has 1 aromatic heterocycles. The lowest BCUT2D eigenvalue weighted by molar-refractivity contribution is 0.102. The highest BCUT2D eigenvalue weighted by atomic mass is 35.5. The van der Waals surface area contributed by atoms with Crippen LogP contribution in [0.4, 0.5) is 11.5 Å². The smallest absolute Gasteiger partial charge is 0.257 e. The molecule has 5 nitrogen and oxygen atoms in total. The van der Waals surface area contributed by atoms with E-state index in [-0.39, 0.29) is 5.91 Å². The minimum Gasteiger partial charge on any atom is -0.495 e. The molecule has 2 heterocycles. The van der Waals surface area contributed by atoms with E-state index in [1.54, 1.807) is 37.6 Å². The lowest BCUT2D eigenvalue weighted by atomic mass is 10.2. The summed E-state index contributed by atoms with van der Waals surface area (Å²) in [5, 5.41) is 3.36. The Hall–Kier alpha value is -2.27. The number of ether oxygens (including phenoxy) is 1. The molecule has 6 heteroatoms. The number of hydrogen-bond donors (Lipinski definition) is 1. The zero-order valence-electron chi connectivity index (χ0n) is 14.3. The summed E-state index contributed by atoms with van der Waals surface area (Å²) in [6.45, 7) is 2.05. The fraction of sp³-hybridized carbons (Fsp3) is 0.368. The predicted molar refractivity (Wildman–Crippen MR) is 101 cm³/mol. The number of hydrogen-bond acceptors (Lipinski definition) is 4. The van der Waals surface area contributed by atoms with Gasteiger partial charge >= 0.3 is 0 Å². The molecule has 0 unspecified atom stereocenters. The minimum atomic E-state index is -0.240. The van der Waals surface area contributed by atoms with Gasteiger partial charge in [-0.3, -0.25) is 4.79 Å². The molecule has 0 bridgehead atoms. The van der Waals surface area contributed by atoms with Gasteiger partial charge in [-0.2, -0.15) is 0 Å². The molecule has 1 fully saturated rings. The zero-order valence-corrected chi connectivity index (χ0v) is 15.1. The van der Waals surface area contributed by atoms with Crippen LogP contribution in [0.5, 0.6) is 5.75 Å². The van der Waals surface area contributed by atoms with E-state index in [9.17, 15) is 4.79 Å². The number of anilines is 2. The molecule has 1 N–H and O–H groups in total. The van der Waals surface area contributed by atoms with E-state index in [2.05, 4.69) is 15.2 Å². The molecule has 0 saturated carbocycles. The van der Waals surface area contributed by atoms with Crippen LogP contribution in [0.3, 0.4) is 0 Å². The molecular formula is C19H22ClN3O2. The van der Waals surface area contributed by atoms with Crippen LogP contribution in [0, 0.1) is 0 Å². The fourth-order valence-corrected chi connectivity index (χ4v) is 3.15. The van der Waals surface area contributed by atoms with Crippen LogP contribution < -0.4 is 15.0 Å². The van der Waals surface area contributed by atoms with Crippen molar-refractivity contribution in [2.45, 2.75) is 25.7 Å². The highest BCUT2D eigenvalue weighted by molar-refractivity contribution is 6.31. The first kappa shape index (κ1) is 17.5. The second-order valence-electron chi connectivity index (χ2n) is 6.11. The lowest BCUT2D eigenvalue weighted by Gasteiger charge is -2.21. The first-order valence-corrected chi connectivity index (χ1v) is 8.91. The third-order valence-electron chi connectivity index (χ3n) is 4.35. The SMILES string of the molecule is COc1ccc(Cl)cc1NC(=O)c1ccc(N2CCCCCC2)nc1. The molecule has 1 aliphatic rings. The summed E-state index contributed by atoms with van der Waals surface area (Å²) >= 11 is 6.00. The van der Waals surface area contributed by atoms with Gasteiger partial charge in [0.2, 0.25) is 0 Å². The van der Waals surface area contributed by atoms with Crippen LogP contribution in [0.15, 0.2) is 36.5 Å². The van der Waals surface area contributed by atoms with E-state index in [4.69, 9.17) is 16.3 Å². The molecule has 0 spiro atoms. The van der Waals surface area contributed by atoms with Gasteiger partial charge < -0.3 is 15.0 Å². The Bertz CT molecular complexity index is 726. The highest BCUT2D eigenvalue weighted by Crippen LogP contribution is 2.28. The first-order chi connectivity index (χ1) is 12.2. The maximum Gasteiger partial charge on any atom is 0.257 e. The van der Waals surface area contributed by atoms with E-state index in [1.165, 1.54) is 25.7 Å². The number of rotatable bonds is 4. The summed E-state index contributed by atoms with van der Waals surface area (Å²) in [6, 6.07) is 8.82. The summed E-state index contributed by atoms with van der Waals surface area (Å²) in [5.74, 6) is 1.25. The number of nitrogens with zero attached hydrogens (tertiary/aromatic N) is 2.